The van der Waals surface area contributed by atoms with Gasteiger partial charge in [-0.1, -0.05) is 144 Å². The van der Waals surface area contributed by atoms with Gasteiger partial charge in [0.05, 0.1) is 20.1 Å². The predicted octanol–water partition coefficient (Wildman–Crippen LogP) is 12.1. The summed E-state index contributed by atoms with van der Waals surface area (Å²) >= 11 is 27.2. The first-order chi connectivity index (χ1) is 20.6. The molecule has 0 aromatic heterocycles. The zero-order valence-electron chi connectivity index (χ0n) is 24.5. The van der Waals surface area contributed by atoms with E-state index in [-0.39, 0.29) is 17.4 Å². The molecule has 2 N–H and O–H groups in total. The minimum Gasteiger partial charge on any atom is -0.327 e. The Morgan fingerprint density at radius 3 is 1.63 bits per heavy atom. The maximum atomic E-state index is 6.87. The summed E-state index contributed by atoms with van der Waals surface area (Å²) in [6.45, 7) is 11.4. The van der Waals surface area contributed by atoms with Crippen LogP contribution in [-0.2, 0) is 12.8 Å². The number of hydrogen-bond acceptors (Lipinski definition) is 1. The van der Waals surface area contributed by atoms with Gasteiger partial charge in [0, 0.05) is 22.6 Å². The number of allylic oxidation sites excluding steroid dienone is 1. The van der Waals surface area contributed by atoms with E-state index in [4.69, 9.17) is 52.1 Å². The van der Waals surface area contributed by atoms with Crippen LogP contribution in [0.3, 0.4) is 0 Å². The van der Waals surface area contributed by atoms with Crippen LogP contribution in [0, 0.1) is 11.3 Å². The molecule has 5 rings (SSSR count). The van der Waals surface area contributed by atoms with Gasteiger partial charge in [0.15, 0.2) is 0 Å². The van der Waals surface area contributed by atoms with Gasteiger partial charge >= 0.3 is 0 Å². The Bertz CT molecular complexity index is 1580. The van der Waals surface area contributed by atoms with Crippen molar-refractivity contribution in [1.82, 2.24) is 0 Å². The van der Waals surface area contributed by atoms with Crippen molar-refractivity contribution in [3.63, 3.8) is 0 Å². The van der Waals surface area contributed by atoms with Gasteiger partial charge in [0.1, 0.15) is 0 Å². The number of rotatable bonds is 9. The van der Waals surface area contributed by atoms with E-state index in [9.17, 15) is 0 Å². The first-order valence-corrected chi connectivity index (χ1v) is 16.3. The lowest BCUT2D eigenvalue weighted by molar-refractivity contribution is 0.131. The van der Waals surface area contributed by atoms with Gasteiger partial charge in [-0.2, -0.15) is 0 Å². The number of nitrogens with two attached hydrogens (primary N) is 1. The van der Waals surface area contributed by atoms with E-state index in [1.54, 1.807) is 0 Å². The molecule has 1 aliphatic rings. The van der Waals surface area contributed by atoms with Crippen LogP contribution in [0.15, 0.2) is 109 Å². The minimum atomic E-state index is -0.302. The van der Waals surface area contributed by atoms with Crippen LogP contribution >= 0.6 is 46.4 Å². The number of benzene rings is 4. The van der Waals surface area contributed by atoms with Crippen molar-refractivity contribution in [2.75, 3.05) is 0 Å². The zero-order valence-corrected chi connectivity index (χ0v) is 27.5. The molecule has 0 amide bonds. The van der Waals surface area contributed by atoms with Crippen molar-refractivity contribution in [1.29, 1.82) is 0 Å². The predicted molar refractivity (Wildman–Crippen MR) is 188 cm³/mol. The van der Waals surface area contributed by atoms with Crippen molar-refractivity contribution >= 4 is 46.4 Å². The Morgan fingerprint density at radius 2 is 1.19 bits per heavy atom. The average Bonchev–Trinajstić information content (AvgIpc) is 2.97. The Morgan fingerprint density at radius 1 is 0.744 bits per heavy atom. The highest BCUT2D eigenvalue weighted by atomic mass is 35.5. The van der Waals surface area contributed by atoms with Gasteiger partial charge in [-0.05, 0) is 85.0 Å². The third-order valence-electron chi connectivity index (χ3n) is 9.10. The highest BCUT2D eigenvalue weighted by Crippen LogP contribution is 2.52. The molecule has 1 nitrogen and oxygen atoms in total. The van der Waals surface area contributed by atoms with E-state index in [1.165, 1.54) is 0 Å². The first-order valence-electron chi connectivity index (χ1n) is 14.8. The molecular weight excluding hydrogens is 612 g/mol. The van der Waals surface area contributed by atoms with E-state index in [1.807, 2.05) is 84.9 Å². The Kier molecular flexibility index (Phi) is 10.1. The molecule has 1 aliphatic carbocycles. The maximum absolute atomic E-state index is 6.87. The fraction of sp³-hybridized carbons (Fsp3) is 0.263. The highest BCUT2D eigenvalue weighted by Gasteiger charge is 2.46. The third kappa shape index (κ3) is 6.63. The molecule has 3 atom stereocenters. The fourth-order valence-electron chi connectivity index (χ4n) is 7.07. The molecular formula is C38H37Cl4N. The summed E-state index contributed by atoms with van der Waals surface area (Å²) in [6.07, 6.45) is 5.52. The summed E-state index contributed by atoms with van der Waals surface area (Å²) in [4.78, 5) is 0. The second kappa shape index (κ2) is 13.6. The standard InChI is InChI=1S/C38H37Cl4N/c1-24(18-27-20-32(39)36(33(40)21-27)29-12-6-4-7-13-29)31-16-10-11-17-38(31,26(3)43)25(2)19-28-22-34(41)37(35(42)23-28)30-14-8-5-9-15-30/h4-9,12-15,20-23,26,31H,1-2,10-11,16-19,43H2,3H3. The average molecular weight is 650 g/mol. The van der Waals surface area contributed by atoms with E-state index in [0.717, 1.165) is 70.2 Å². The monoisotopic (exact) mass is 647 g/mol. The summed E-state index contributed by atoms with van der Waals surface area (Å²) in [5.74, 6) is 0.176. The van der Waals surface area contributed by atoms with Crippen LogP contribution in [0.25, 0.3) is 22.3 Å². The second-order valence-electron chi connectivity index (χ2n) is 11.8. The lowest BCUT2D eigenvalue weighted by Crippen LogP contribution is -2.49. The quantitative estimate of drug-likeness (QED) is 0.180. The molecule has 0 saturated heterocycles. The van der Waals surface area contributed by atoms with Gasteiger partial charge in [-0.3, -0.25) is 0 Å². The molecule has 0 bridgehead atoms. The van der Waals surface area contributed by atoms with Crippen LogP contribution < -0.4 is 5.73 Å². The molecule has 0 heterocycles. The van der Waals surface area contributed by atoms with Gasteiger partial charge in [-0.15, -0.1) is 0 Å². The SMILES string of the molecule is C=C(Cc1cc(Cl)c(-c2ccccc2)c(Cl)c1)C1CCCCC1(C(=C)Cc1cc(Cl)c(-c2ccccc2)c(Cl)c1)C(C)N. The number of halogens is 4. The fourth-order valence-corrected chi connectivity index (χ4v) is 8.57. The van der Waals surface area contributed by atoms with Gasteiger partial charge in [0.25, 0.3) is 0 Å². The largest absolute Gasteiger partial charge is 0.327 e. The molecule has 1 fully saturated rings. The molecule has 5 heteroatoms. The molecule has 1 saturated carbocycles. The lowest BCUT2D eigenvalue weighted by atomic mass is 9.56. The van der Waals surface area contributed by atoms with E-state index in [0.29, 0.717) is 32.9 Å². The summed E-state index contributed by atoms with van der Waals surface area (Å²) in [5, 5.41) is 2.55. The molecule has 0 radical (unpaired) electrons. The molecule has 3 unspecified atom stereocenters. The van der Waals surface area contributed by atoms with E-state index < -0.39 is 0 Å². The van der Waals surface area contributed by atoms with Crippen molar-refractivity contribution in [3.05, 3.63) is 140 Å². The molecule has 222 valence electrons. The smallest absolute Gasteiger partial charge is 0.0502 e. The van der Waals surface area contributed by atoms with Crippen molar-refractivity contribution in [2.24, 2.45) is 17.1 Å². The normalized spacial score (nSPS) is 19.2. The topological polar surface area (TPSA) is 26.0 Å². The summed E-state index contributed by atoms with van der Waals surface area (Å²) in [6, 6.07) is 27.9. The van der Waals surface area contributed by atoms with Crippen molar-refractivity contribution < 1.29 is 0 Å². The summed E-state index contributed by atoms with van der Waals surface area (Å²) in [5.41, 5.74) is 14.6. The van der Waals surface area contributed by atoms with Crippen LogP contribution in [-0.4, -0.2) is 6.04 Å². The summed E-state index contributed by atoms with van der Waals surface area (Å²) < 4.78 is 0. The Labute approximate surface area is 276 Å². The number of hydrogen-bond donors (Lipinski definition) is 1. The minimum absolute atomic E-state index is 0.107. The molecule has 0 spiro atoms. The van der Waals surface area contributed by atoms with E-state index in [2.05, 4.69) is 20.1 Å². The molecule has 43 heavy (non-hydrogen) atoms. The maximum Gasteiger partial charge on any atom is 0.0502 e. The van der Waals surface area contributed by atoms with Crippen LogP contribution in [0.2, 0.25) is 20.1 Å². The molecule has 4 aromatic rings. The van der Waals surface area contributed by atoms with Gasteiger partial charge in [0.2, 0.25) is 0 Å². The van der Waals surface area contributed by atoms with Crippen LogP contribution in [0.5, 0.6) is 0 Å². The second-order valence-corrected chi connectivity index (χ2v) is 13.5. The van der Waals surface area contributed by atoms with Crippen LogP contribution in [0.4, 0.5) is 0 Å². The Hall–Kier alpha value is -2.52. The van der Waals surface area contributed by atoms with E-state index >= 15 is 0 Å². The highest BCUT2D eigenvalue weighted by molar-refractivity contribution is 6.40. The molecule has 4 aromatic carbocycles. The van der Waals surface area contributed by atoms with Gasteiger partial charge in [-0.25, -0.2) is 0 Å². The third-order valence-corrected chi connectivity index (χ3v) is 10.3. The molecule has 0 aliphatic heterocycles. The van der Waals surface area contributed by atoms with Crippen molar-refractivity contribution in [3.8, 4) is 22.3 Å². The Balaban J connectivity index is 1.41. The van der Waals surface area contributed by atoms with Crippen LogP contribution in [0.1, 0.15) is 43.7 Å². The van der Waals surface area contributed by atoms with Crippen molar-refractivity contribution in [2.45, 2.75) is 51.5 Å². The summed E-state index contributed by atoms with van der Waals surface area (Å²) in [7, 11) is 0. The first kappa shape index (κ1) is 31.9. The van der Waals surface area contributed by atoms with Gasteiger partial charge < -0.3 is 5.73 Å². The lowest BCUT2D eigenvalue weighted by Gasteiger charge is -2.50. The zero-order chi connectivity index (χ0) is 30.7.